The molecule has 5 heterocycles. The number of carbonyl (C=O) groups excluding carboxylic acids is 1. The van der Waals surface area contributed by atoms with Gasteiger partial charge in [0, 0.05) is 24.2 Å². The molecule has 2 N–H and O–H groups in total. The quantitative estimate of drug-likeness (QED) is 0.545. The average Bonchev–Trinajstić information content (AvgIpc) is 3.44. The van der Waals surface area contributed by atoms with Gasteiger partial charge in [-0.2, -0.15) is 0 Å². The second kappa shape index (κ2) is 8.88. The summed E-state index contributed by atoms with van der Waals surface area (Å²) in [4.78, 5) is 28.2. The van der Waals surface area contributed by atoms with Crippen LogP contribution < -0.4 is 0 Å². The Morgan fingerprint density at radius 1 is 1.24 bits per heavy atom. The lowest BCUT2D eigenvalue weighted by atomic mass is 9.73. The number of ether oxygens (including phenoxy) is 1. The van der Waals surface area contributed by atoms with Crippen molar-refractivity contribution >= 4 is 22.8 Å². The molecule has 1 aromatic heterocycles. The van der Waals surface area contributed by atoms with E-state index in [-0.39, 0.29) is 24.0 Å². The predicted octanol–water partition coefficient (Wildman–Crippen LogP) is 3.19. The average molecular weight is 451 g/mol. The minimum absolute atomic E-state index is 0.117. The van der Waals surface area contributed by atoms with Crippen LogP contribution >= 0.6 is 0 Å². The zero-order valence-electron chi connectivity index (χ0n) is 18.5. The van der Waals surface area contributed by atoms with E-state index in [4.69, 9.17) is 9.84 Å². The van der Waals surface area contributed by atoms with E-state index in [2.05, 4.69) is 28.6 Å². The zero-order valence-corrected chi connectivity index (χ0v) is 18.5. The Bertz CT molecular complexity index is 1070. The fourth-order valence-corrected chi connectivity index (χ4v) is 6.16. The standard InChI is InChI=1S/C19H22N2O.C7H8O4/c1-2-13-12-21-10-8-14(13)11-18(21)19(22)16-7-9-20-17-6-4-3-5-15(16)17;8-6(9)4-1-3-2-5(4)7(10)11-3/h2-7,9,13-14,18-19,22H,1,8,10-12H2;3-5H,1-2H2,(H,8,9)/t13-,14-,18-,19+;3-,4+,5-/m01/s1. The zero-order chi connectivity index (χ0) is 23.1. The van der Waals surface area contributed by atoms with Crippen molar-refractivity contribution in [3.8, 4) is 0 Å². The molecule has 5 aliphatic rings. The number of para-hydroxylation sites is 1. The lowest BCUT2D eigenvalue weighted by molar-refractivity contribution is -0.158. The number of aliphatic carboxylic acids is 1. The summed E-state index contributed by atoms with van der Waals surface area (Å²) < 4.78 is 4.84. The highest BCUT2D eigenvalue weighted by molar-refractivity contribution is 5.84. The van der Waals surface area contributed by atoms with E-state index in [0.717, 1.165) is 36.0 Å². The van der Waals surface area contributed by atoms with Crippen molar-refractivity contribution in [1.29, 1.82) is 0 Å². The molecule has 1 saturated carbocycles. The number of esters is 1. The first-order valence-electron chi connectivity index (χ1n) is 11.8. The number of benzene rings is 1. The number of hydrogen-bond donors (Lipinski definition) is 2. The number of fused-ring (bicyclic) bond motifs is 6. The third-order valence-corrected chi connectivity index (χ3v) is 7.94. The van der Waals surface area contributed by atoms with Crippen LogP contribution in [0.25, 0.3) is 10.9 Å². The van der Waals surface area contributed by atoms with Crippen LogP contribution in [0.4, 0.5) is 0 Å². The summed E-state index contributed by atoms with van der Waals surface area (Å²) in [6.07, 6.45) is 6.76. The number of hydrogen-bond acceptors (Lipinski definition) is 6. The first-order valence-corrected chi connectivity index (χ1v) is 11.8. The number of piperidine rings is 3. The van der Waals surface area contributed by atoms with Crippen molar-refractivity contribution < 1.29 is 24.5 Å². The number of carboxylic acid groups (broad SMARTS) is 1. The molecule has 2 aromatic rings. The molecule has 174 valence electrons. The van der Waals surface area contributed by atoms with E-state index in [9.17, 15) is 14.7 Å². The van der Waals surface area contributed by atoms with E-state index in [0.29, 0.717) is 24.7 Å². The van der Waals surface area contributed by atoms with Gasteiger partial charge in [-0.05, 0) is 61.8 Å². The molecule has 1 aliphatic carbocycles. The van der Waals surface area contributed by atoms with E-state index in [1.54, 1.807) is 0 Å². The lowest BCUT2D eigenvalue weighted by Gasteiger charge is -2.50. The van der Waals surface area contributed by atoms with Crippen molar-refractivity contribution in [1.82, 2.24) is 9.88 Å². The fraction of sp³-hybridized carbons (Fsp3) is 0.500. The van der Waals surface area contributed by atoms with Gasteiger partial charge in [-0.3, -0.25) is 19.5 Å². The SMILES string of the molecule is C=C[C@H]1C[N@]2CC[C@H]1C[C@H]2[C@H](O)c1ccnc2ccccc12.O=C(O)[C@H]1C[C@@H]2C[C@H]1C(=O)O2. The van der Waals surface area contributed by atoms with E-state index < -0.39 is 18.0 Å². The largest absolute Gasteiger partial charge is 0.481 e. The van der Waals surface area contributed by atoms with Gasteiger partial charge in [0.05, 0.1) is 23.5 Å². The molecular weight excluding hydrogens is 420 g/mol. The summed E-state index contributed by atoms with van der Waals surface area (Å²) in [5.41, 5.74) is 1.97. The first kappa shape index (κ1) is 22.0. The molecule has 0 amide bonds. The van der Waals surface area contributed by atoms with Crippen LogP contribution in [0, 0.1) is 23.7 Å². The monoisotopic (exact) mass is 450 g/mol. The molecule has 1 aromatic carbocycles. The Balaban J connectivity index is 0.000000174. The molecule has 0 radical (unpaired) electrons. The number of carbonyl (C=O) groups is 2. The summed E-state index contributed by atoms with van der Waals surface area (Å²) >= 11 is 0. The molecule has 7 heteroatoms. The number of carboxylic acids is 1. The summed E-state index contributed by atoms with van der Waals surface area (Å²) in [5, 5.41) is 20.7. The number of pyridine rings is 1. The van der Waals surface area contributed by atoms with Gasteiger partial charge in [-0.1, -0.05) is 24.3 Å². The molecule has 8 atom stereocenters. The summed E-state index contributed by atoms with van der Waals surface area (Å²) in [5.74, 6) is -0.775. The van der Waals surface area contributed by atoms with E-state index in [1.165, 1.54) is 6.42 Å². The van der Waals surface area contributed by atoms with Crippen LogP contribution in [0.3, 0.4) is 0 Å². The van der Waals surface area contributed by atoms with E-state index >= 15 is 0 Å². The maximum atomic E-state index is 11.0. The molecule has 7 rings (SSSR count). The highest BCUT2D eigenvalue weighted by Crippen LogP contribution is 2.42. The summed E-state index contributed by atoms with van der Waals surface area (Å²) in [6.45, 7) is 6.11. The Morgan fingerprint density at radius 2 is 2.06 bits per heavy atom. The first-order chi connectivity index (χ1) is 16.0. The molecule has 0 unspecified atom stereocenters. The second-order valence-electron chi connectivity index (χ2n) is 9.69. The summed E-state index contributed by atoms with van der Waals surface area (Å²) in [6, 6.07) is 10.3. The normalized spacial score (nSPS) is 34.9. The van der Waals surface area contributed by atoms with Crippen molar-refractivity contribution in [2.24, 2.45) is 23.7 Å². The Kier molecular flexibility index (Phi) is 5.93. The van der Waals surface area contributed by atoms with Crippen molar-refractivity contribution in [2.75, 3.05) is 13.1 Å². The highest BCUT2D eigenvalue weighted by Gasteiger charge is 2.51. The maximum absolute atomic E-state index is 11.0. The van der Waals surface area contributed by atoms with Crippen molar-refractivity contribution in [2.45, 2.75) is 43.9 Å². The van der Waals surface area contributed by atoms with Crippen molar-refractivity contribution in [3.63, 3.8) is 0 Å². The van der Waals surface area contributed by atoms with Crippen LogP contribution in [0.2, 0.25) is 0 Å². The number of aliphatic hydroxyl groups is 1. The predicted molar refractivity (Wildman–Crippen MR) is 122 cm³/mol. The summed E-state index contributed by atoms with van der Waals surface area (Å²) in [7, 11) is 0. The Labute approximate surface area is 193 Å². The number of aliphatic hydroxyl groups excluding tert-OH is 1. The maximum Gasteiger partial charge on any atom is 0.310 e. The van der Waals surface area contributed by atoms with Crippen molar-refractivity contribution in [3.05, 3.63) is 54.7 Å². The van der Waals surface area contributed by atoms with Crippen LogP contribution in [0.1, 0.15) is 37.4 Å². The van der Waals surface area contributed by atoms with Gasteiger partial charge in [-0.25, -0.2) is 0 Å². The number of aromatic nitrogens is 1. The topological polar surface area (TPSA) is 100.0 Å². The van der Waals surface area contributed by atoms with Crippen LogP contribution in [0.5, 0.6) is 0 Å². The van der Waals surface area contributed by atoms with Crippen LogP contribution in [-0.2, 0) is 14.3 Å². The molecule has 5 fully saturated rings. The molecule has 33 heavy (non-hydrogen) atoms. The van der Waals surface area contributed by atoms with Crippen LogP contribution in [0.15, 0.2) is 49.2 Å². The molecule has 4 bridgehead atoms. The van der Waals surface area contributed by atoms with Gasteiger partial charge >= 0.3 is 11.9 Å². The highest BCUT2D eigenvalue weighted by atomic mass is 16.6. The molecule has 7 nitrogen and oxygen atoms in total. The number of nitrogens with zero attached hydrogens (tertiary/aromatic N) is 2. The third kappa shape index (κ3) is 4.04. The molecule has 4 saturated heterocycles. The second-order valence-corrected chi connectivity index (χ2v) is 9.69. The van der Waals surface area contributed by atoms with E-state index in [1.807, 2.05) is 30.5 Å². The van der Waals surface area contributed by atoms with Gasteiger partial charge in [0.2, 0.25) is 0 Å². The Morgan fingerprint density at radius 3 is 2.70 bits per heavy atom. The molecule has 0 spiro atoms. The third-order valence-electron chi connectivity index (χ3n) is 7.94. The van der Waals surface area contributed by atoms with Crippen LogP contribution in [-0.4, -0.2) is 57.3 Å². The van der Waals surface area contributed by atoms with Gasteiger partial charge in [0.25, 0.3) is 0 Å². The molecular formula is C26H30N2O5. The smallest absolute Gasteiger partial charge is 0.310 e. The van der Waals surface area contributed by atoms with Gasteiger partial charge in [0.15, 0.2) is 0 Å². The molecule has 4 aliphatic heterocycles. The lowest BCUT2D eigenvalue weighted by Crippen LogP contribution is -2.54. The fourth-order valence-electron chi connectivity index (χ4n) is 6.16. The van der Waals surface area contributed by atoms with Gasteiger partial charge in [0.1, 0.15) is 6.10 Å². The van der Waals surface area contributed by atoms with Gasteiger partial charge < -0.3 is 14.9 Å². The minimum atomic E-state index is -0.867. The number of rotatable bonds is 4. The minimum Gasteiger partial charge on any atom is -0.481 e. The Hall–Kier alpha value is -2.77. The van der Waals surface area contributed by atoms with Gasteiger partial charge in [-0.15, -0.1) is 6.58 Å².